The van der Waals surface area contributed by atoms with Gasteiger partial charge in [-0.2, -0.15) is 0 Å². The van der Waals surface area contributed by atoms with Gasteiger partial charge in [-0.15, -0.1) is 0 Å². The molecule has 0 spiro atoms. The molecule has 28 heavy (non-hydrogen) atoms. The fourth-order valence-corrected chi connectivity index (χ4v) is 3.17. The van der Waals surface area contributed by atoms with Crippen LogP contribution in [0.3, 0.4) is 0 Å². The van der Waals surface area contributed by atoms with Crippen LogP contribution in [0.2, 0.25) is 0 Å². The van der Waals surface area contributed by atoms with Crippen molar-refractivity contribution in [2.24, 2.45) is 4.99 Å². The molecule has 0 heterocycles. The van der Waals surface area contributed by atoms with Crippen molar-refractivity contribution in [1.29, 1.82) is 0 Å². The van der Waals surface area contributed by atoms with E-state index in [1.54, 1.807) is 28.4 Å². The standard InChI is InChI=1S/C22H31N3O3/c1-16-9-7-8-10-18(16)15-25(3)22(23-2)24-14-13-17-11-12-19(26-4)21(28-6)20(17)27-5/h7-12H,13-15H2,1-6H3,(H,23,24). The van der Waals surface area contributed by atoms with Crippen LogP contribution in [0.1, 0.15) is 16.7 Å². The van der Waals surface area contributed by atoms with E-state index in [-0.39, 0.29) is 0 Å². The number of guanidine groups is 1. The van der Waals surface area contributed by atoms with Crippen LogP contribution >= 0.6 is 0 Å². The van der Waals surface area contributed by atoms with Gasteiger partial charge in [-0.3, -0.25) is 4.99 Å². The number of nitrogens with one attached hydrogen (secondary N) is 1. The molecule has 0 saturated carbocycles. The minimum Gasteiger partial charge on any atom is -0.493 e. The molecule has 0 fully saturated rings. The van der Waals surface area contributed by atoms with E-state index in [2.05, 4.69) is 46.4 Å². The lowest BCUT2D eigenvalue weighted by Crippen LogP contribution is -2.39. The minimum atomic E-state index is 0.614. The Morgan fingerprint density at radius 3 is 2.29 bits per heavy atom. The van der Waals surface area contributed by atoms with E-state index < -0.39 is 0 Å². The van der Waals surface area contributed by atoms with Gasteiger partial charge < -0.3 is 24.4 Å². The molecule has 0 saturated heterocycles. The number of aliphatic imine (C=N–C) groups is 1. The molecule has 0 radical (unpaired) electrons. The van der Waals surface area contributed by atoms with E-state index >= 15 is 0 Å². The highest BCUT2D eigenvalue weighted by molar-refractivity contribution is 5.79. The molecule has 0 unspecified atom stereocenters. The second kappa shape index (κ2) is 10.4. The fraction of sp³-hybridized carbons (Fsp3) is 0.409. The zero-order valence-electron chi connectivity index (χ0n) is 17.7. The molecule has 2 aromatic rings. The van der Waals surface area contributed by atoms with E-state index in [1.165, 1.54) is 11.1 Å². The number of benzene rings is 2. The lowest BCUT2D eigenvalue weighted by atomic mass is 10.1. The Hall–Kier alpha value is -2.89. The predicted molar refractivity (Wildman–Crippen MR) is 114 cm³/mol. The van der Waals surface area contributed by atoms with Crippen LogP contribution in [-0.2, 0) is 13.0 Å². The third kappa shape index (κ3) is 5.09. The Morgan fingerprint density at radius 1 is 0.964 bits per heavy atom. The molecule has 0 aliphatic heterocycles. The van der Waals surface area contributed by atoms with Gasteiger partial charge in [0.2, 0.25) is 5.75 Å². The third-order valence-corrected chi connectivity index (χ3v) is 4.71. The maximum absolute atomic E-state index is 5.56. The monoisotopic (exact) mass is 385 g/mol. The van der Waals surface area contributed by atoms with Crippen LogP contribution in [0, 0.1) is 6.92 Å². The Kier molecular flexibility index (Phi) is 7.99. The maximum atomic E-state index is 5.56. The lowest BCUT2D eigenvalue weighted by molar-refractivity contribution is 0.322. The molecular weight excluding hydrogens is 354 g/mol. The van der Waals surface area contributed by atoms with Gasteiger partial charge in [0, 0.05) is 32.7 Å². The van der Waals surface area contributed by atoms with Crippen molar-refractivity contribution in [3.63, 3.8) is 0 Å². The number of hydrogen-bond donors (Lipinski definition) is 1. The van der Waals surface area contributed by atoms with E-state index in [9.17, 15) is 0 Å². The molecule has 0 atom stereocenters. The Balaban J connectivity index is 2.02. The predicted octanol–water partition coefficient (Wildman–Crippen LogP) is 3.27. The smallest absolute Gasteiger partial charge is 0.203 e. The van der Waals surface area contributed by atoms with Gasteiger partial charge in [0.15, 0.2) is 17.5 Å². The Labute approximate surface area is 168 Å². The van der Waals surface area contributed by atoms with Gasteiger partial charge in [0.1, 0.15) is 0 Å². The second-order valence-electron chi connectivity index (χ2n) is 6.50. The first-order valence-corrected chi connectivity index (χ1v) is 9.29. The first kappa shape index (κ1) is 21.4. The van der Waals surface area contributed by atoms with Gasteiger partial charge in [0.05, 0.1) is 21.3 Å². The summed E-state index contributed by atoms with van der Waals surface area (Å²) in [6.45, 7) is 3.64. The quantitative estimate of drug-likeness (QED) is 0.558. The van der Waals surface area contributed by atoms with Gasteiger partial charge in [-0.25, -0.2) is 0 Å². The Morgan fingerprint density at radius 2 is 1.68 bits per heavy atom. The highest BCUT2D eigenvalue weighted by atomic mass is 16.5. The molecule has 0 bridgehead atoms. The van der Waals surface area contributed by atoms with Crippen LogP contribution in [-0.4, -0.2) is 52.8 Å². The normalized spacial score (nSPS) is 11.1. The third-order valence-electron chi connectivity index (χ3n) is 4.71. The van der Waals surface area contributed by atoms with E-state index in [0.717, 1.165) is 31.0 Å². The molecular formula is C22H31N3O3. The topological polar surface area (TPSA) is 55.3 Å². The highest BCUT2D eigenvalue weighted by Crippen LogP contribution is 2.39. The van der Waals surface area contributed by atoms with Gasteiger partial charge in [-0.05, 0) is 30.5 Å². The number of aryl methyl sites for hydroxylation is 1. The molecule has 6 nitrogen and oxygen atoms in total. The SMILES string of the molecule is CN=C(NCCc1ccc(OC)c(OC)c1OC)N(C)Cc1ccccc1C. The summed E-state index contributed by atoms with van der Waals surface area (Å²) in [6, 6.07) is 12.3. The van der Waals surface area contributed by atoms with Crippen LogP contribution in [0.5, 0.6) is 17.2 Å². The first-order valence-electron chi connectivity index (χ1n) is 9.29. The summed E-state index contributed by atoms with van der Waals surface area (Å²) in [5, 5.41) is 3.42. The average molecular weight is 386 g/mol. The van der Waals surface area contributed by atoms with Crippen molar-refractivity contribution in [1.82, 2.24) is 10.2 Å². The summed E-state index contributed by atoms with van der Waals surface area (Å²) < 4.78 is 16.4. The summed E-state index contributed by atoms with van der Waals surface area (Å²) >= 11 is 0. The maximum Gasteiger partial charge on any atom is 0.203 e. The molecule has 0 aliphatic carbocycles. The molecule has 0 amide bonds. The fourth-order valence-electron chi connectivity index (χ4n) is 3.17. The first-order chi connectivity index (χ1) is 13.5. The molecule has 0 aromatic heterocycles. The van der Waals surface area contributed by atoms with Gasteiger partial charge in [-0.1, -0.05) is 30.3 Å². The van der Waals surface area contributed by atoms with Crippen LogP contribution < -0.4 is 19.5 Å². The van der Waals surface area contributed by atoms with Gasteiger partial charge in [0.25, 0.3) is 0 Å². The number of ether oxygens (including phenoxy) is 3. The van der Waals surface area contributed by atoms with Crippen molar-refractivity contribution in [3.05, 3.63) is 53.1 Å². The summed E-state index contributed by atoms with van der Waals surface area (Å²) in [5.74, 6) is 2.82. The zero-order chi connectivity index (χ0) is 20.5. The average Bonchev–Trinajstić information content (AvgIpc) is 2.71. The molecule has 2 rings (SSSR count). The summed E-state index contributed by atoms with van der Waals surface area (Å²) in [7, 11) is 8.72. The van der Waals surface area contributed by atoms with Crippen molar-refractivity contribution < 1.29 is 14.2 Å². The Bertz CT molecular complexity index is 806. The van der Waals surface area contributed by atoms with Crippen molar-refractivity contribution in [2.45, 2.75) is 19.9 Å². The van der Waals surface area contributed by atoms with E-state index in [1.807, 2.05) is 19.2 Å². The second-order valence-corrected chi connectivity index (χ2v) is 6.50. The number of nitrogens with zero attached hydrogens (tertiary/aromatic N) is 2. The number of methoxy groups -OCH3 is 3. The van der Waals surface area contributed by atoms with Crippen LogP contribution in [0.4, 0.5) is 0 Å². The number of hydrogen-bond acceptors (Lipinski definition) is 4. The van der Waals surface area contributed by atoms with Crippen molar-refractivity contribution in [3.8, 4) is 17.2 Å². The van der Waals surface area contributed by atoms with E-state index in [4.69, 9.17) is 14.2 Å². The largest absolute Gasteiger partial charge is 0.493 e. The summed E-state index contributed by atoms with van der Waals surface area (Å²) in [6.07, 6.45) is 0.765. The molecule has 2 aromatic carbocycles. The number of rotatable bonds is 8. The summed E-state index contributed by atoms with van der Waals surface area (Å²) in [5.41, 5.74) is 3.61. The van der Waals surface area contributed by atoms with Crippen LogP contribution in [0.15, 0.2) is 41.4 Å². The summed E-state index contributed by atoms with van der Waals surface area (Å²) in [4.78, 5) is 6.52. The van der Waals surface area contributed by atoms with E-state index in [0.29, 0.717) is 17.2 Å². The lowest BCUT2D eigenvalue weighted by Gasteiger charge is -2.23. The highest BCUT2D eigenvalue weighted by Gasteiger charge is 2.16. The van der Waals surface area contributed by atoms with Crippen molar-refractivity contribution in [2.75, 3.05) is 42.0 Å². The zero-order valence-corrected chi connectivity index (χ0v) is 17.7. The van der Waals surface area contributed by atoms with Gasteiger partial charge >= 0.3 is 0 Å². The molecule has 152 valence electrons. The molecule has 6 heteroatoms. The van der Waals surface area contributed by atoms with Crippen LogP contribution in [0.25, 0.3) is 0 Å². The van der Waals surface area contributed by atoms with Crippen molar-refractivity contribution >= 4 is 5.96 Å². The minimum absolute atomic E-state index is 0.614. The molecule has 1 N–H and O–H groups in total. The molecule has 0 aliphatic rings.